The number of nitrogens with one attached hydrogen (secondary N) is 1. The molecule has 2 aliphatic rings. The van der Waals surface area contributed by atoms with Gasteiger partial charge in [-0.3, -0.25) is 0 Å². The van der Waals surface area contributed by atoms with Gasteiger partial charge in [-0.2, -0.15) is 11.8 Å². The van der Waals surface area contributed by atoms with Crippen LogP contribution in [0.2, 0.25) is 5.02 Å². The second-order valence-corrected chi connectivity index (χ2v) is 6.33. The van der Waals surface area contributed by atoms with Crippen molar-refractivity contribution in [3.05, 3.63) is 34.3 Å². The molecule has 3 rings (SSSR count). The second-order valence-electron chi connectivity index (χ2n) is 4.75. The normalized spacial score (nSPS) is 28.3. The average Bonchev–Trinajstić information content (AvgIpc) is 2.86. The van der Waals surface area contributed by atoms with Crippen molar-refractivity contribution in [2.75, 3.05) is 11.5 Å². The van der Waals surface area contributed by atoms with E-state index < -0.39 is 0 Å². The van der Waals surface area contributed by atoms with Crippen LogP contribution >= 0.6 is 23.4 Å². The molecule has 1 N–H and O–H groups in total. The van der Waals surface area contributed by atoms with Crippen LogP contribution in [0.3, 0.4) is 0 Å². The molecule has 1 heterocycles. The maximum Gasteiger partial charge on any atom is 0.0408 e. The van der Waals surface area contributed by atoms with Crippen LogP contribution in [0.1, 0.15) is 17.5 Å². The van der Waals surface area contributed by atoms with Gasteiger partial charge in [0.15, 0.2) is 0 Å². The zero-order valence-corrected chi connectivity index (χ0v) is 10.8. The molecule has 0 saturated carbocycles. The summed E-state index contributed by atoms with van der Waals surface area (Å²) in [5.74, 6) is 2.61. The van der Waals surface area contributed by atoms with Gasteiger partial charge in [0.2, 0.25) is 0 Å². The summed E-state index contributed by atoms with van der Waals surface area (Å²) in [6.45, 7) is 0. The third-order valence-corrected chi connectivity index (χ3v) is 4.90. The summed E-state index contributed by atoms with van der Waals surface area (Å²) < 4.78 is 0. The van der Waals surface area contributed by atoms with Crippen molar-refractivity contribution < 1.29 is 0 Å². The van der Waals surface area contributed by atoms with Gasteiger partial charge in [-0.1, -0.05) is 17.7 Å². The van der Waals surface area contributed by atoms with Crippen LogP contribution in [0, 0.1) is 0 Å². The Bertz CT molecular complexity index is 388. The van der Waals surface area contributed by atoms with Gasteiger partial charge in [0, 0.05) is 22.9 Å². The van der Waals surface area contributed by atoms with E-state index in [2.05, 4.69) is 29.2 Å². The summed E-state index contributed by atoms with van der Waals surface area (Å²) in [7, 11) is 0. The molecular formula is C13H16ClNS. The van der Waals surface area contributed by atoms with Gasteiger partial charge in [-0.15, -0.1) is 0 Å². The summed E-state index contributed by atoms with van der Waals surface area (Å²) in [6, 6.07) is 7.69. The lowest BCUT2D eigenvalue weighted by molar-refractivity contribution is 0.461. The van der Waals surface area contributed by atoms with Crippen molar-refractivity contribution in [1.29, 1.82) is 0 Å². The summed E-state index contributed by atoms with van der Waals surface area (Å²) in [4.78, 5) is 0. The predicted molar refractivity (Wildman–Crippen MR) is 71.5 cm³/mol. The molecule has 1 aliphatic heterocycles. The van der Waals surface area contributed by atoms with E-state index in [0.29, 0.717) is 6.04 Å². The van der Waals surface area contributed by atoms with Crippen LogP contribution < -0.4 is 5.32 Å². The quantitative estimate of drug-likeness (QED) is 0.870. The zero-order chi connectivity index (χ0) is 11.0. The Labute approximate surface area is 106 Å². The van der Waals surface area contributed by atoms with E-state index in [9.17, 15) is 0 Å². The number of fused-ring (bicyclic) bond motifs is 1. The molecule has 1 aromatic rings. The molecule has 0 spiro atoms. The first kappa shape index (κ1) is 10.9. The minimum atomic E-state index is 0.636. The third kappa shape index (κ3) is 2.24. The lowest BCUT2D eigenvalue weighted by atomic mass is 10.1. The van der Waals surface area contributed by atoms with Gasteiger partial charge in [0.1, 0.15) is 0 Å². The van der Waals surface area contributed by atoms with Crippen LogP contribution in [0.4, 0.5) is 0 Å². The predicted octanol–water partition coefficient (Wildman–Crippen LogP) is 2.90. The maximum atomic E-state index is 6.02. The van der Waals surface area contributed by atoms with Gasteiger partial charge < -0.3 is 5.32 Å². The Kier molecular flexibility index (Phi) is 3.14. The van der Waals surface area contributed by atoms with Crippen LogP contribution in [-0.4, -0.2) is 23.6 Å². The van der Waals surface area contributed by atoms with Crippen molar-refractivity contribution in [3.63, 3.8) is 0 Å². The zero-order valence-electron chi connectivity index (χ0n) is 9.21. The molecule has 2 unspecified atom stereocenters. The van der Waals surface area contributed by atoms with E-state index >= 15 is 0 Å². The first-order chi connectivity index (χ1) is 7.81. The monoisotopic (exact) mass is 253 g/mol. The Hall–Kier alpha value is -0.180. The molecule has 3 heteroatoms. The fraction of sp³-hybridized carbons (Fsp3) is 0.538. The summed E-state index contributed by atoms with van der Waals surface area (Å²) in [5, 5.41) is 4.65. The second kappa shape index (κ2) is 4.59. The summed E-state index contributed by atoms with van der Waals surface area (Å²) in [6.07, 6.45) is 3.66. The minimum absolute atomic E-state index is 0.636. The van der Waals surface area contributed by atoms with E-state index in [1.54, 1.807) is 0 Å². The van der Waals surface area contributed by atoms with Gasteiger partial charge in [0.05, 0.1) is 0 Å². The first-order valence-corrected chi connectivity index (χ1v) is 7.45. The fourth-order valence-electron chi connectivity index (χ4n) is 2.70. The van der Waals surface area contributed by atoms with E-state index in [4.69, 9.17) is 11.6 Å². The number of hydrogen-bond donors (Lipinski definition) is 1. The van der Waals surface area contributed by atoms with Crippen molar-refractivity contribution in [1.82, 2.24) is 5.32 Å². The molecule has 1 aliphatic carbocycles. The molecule has 86 valence electrons. The SMILES string of the molecule is Clc1ccc2c(c1)CC(NC1CCSC1)C2. The van der Waals surface area contributed by atoms with Gasteiger partial charge in [-0.05, 0) is 48.3 Å². The number of halogens is 1. The van der Waals surface area contributed by atoms with E-state index in [1.807, 2.05) is 6.07 Å². The Morgan fingerprint density at radius 3 is 2.88 bits per heavy atom. The highest BCUT2D eigenvalue weighted by Crippen LogP contribution is 2.27. The molecule has 0 aromatic heterocycles. The van der Waals surface area contributed by atoms with Crippen molar-refractivity contribution in [3.8, 4) is 0 Å². The van der Waals surface area contributed by atoms with Crippen LogP contribution in [0.15, 0.2) is 18.2 Å². The Morgan fingerprint density at radius 1 is 1.19 bits per heavy atom. The Balaban J connectivity index is 1.65. The van der Waals surface area contributed by atoms with Gasteiger partial charge >= 0.3 is 0 Å². The summed E-state index contributed by atoms with van der Waals surface area (Å²) in [5.41, 5.74) is 2.92. The average molecular weight is 254 g/mol. The van der Waals surface area contributed by atoms with Crippen molar-refractivity contribution in [2.45, 2.75) is 31.3 Å². The molecule has 2 atom stereocenters. The maximum absolute atomic E-state index is 6.02. The highest BCUT2D eigenvalue weighted by Gasteiger charge is 2.25. The van der Waals surface area contributed by atoms with E-state index in [1.165, 1.54) is 35.5 Å². The van der Waals surface area contributed by atoms with E-state index in [-0.39, 0.29) is 0 Å². The molecule has 1 saturated heterocycles. The minimum Gasteiger partial charge on any atom is -0.310 e. The highest BCUT2D eigenvalue weighted by atomic mass is 35.5. The summed E-state index contributed by atoms with van der Waals surface area (Å²) >= 11 is 8.09. The fourth-order valence-corrected chi connectivity index (χ4v) is 4.06. The lowest BCUT2D eigenvalue weighted by Crippen LogP contribution is -2.38. The number of rotatable bonds is 2. The number of hydrogen-bond acceptors (Lipinski definition) is 2. The highest BCUT2D eigenvalue weighted by molar-refractivity contribution is 7.99. The first-order valence-electron chi connectivity index (χ1n) is 5.92. The molecule has 0 radical (unpaired) electrons. The molecule has 0 bridgehead atoms. The topological polar surface area (TPSA) is 12.0 Å². The molecule has 16 heavy (non-hydrogen) atoms. The lowest BCUT2D eigenvalue weighted by Gasteiger charge is -2.17. The molecule has 1 aromatic carbocycles. The molecular weight excluding hydrogens is 238 g/mol. The van der Waals surface area contributed by atoms with Crippen molar-refractivity contribution >= 4 is 23.4 Å². The van der Waals surface area contributed by atoms with Crippen LogP contribution in [-0.2, 0) is 12.8 Å². The number of benzene rings is 1. The van der Waals surface area contributed by atoms with Gasteiger partial charge in [-0.25, -0.2) is 0 Å². The molecule has 1 nitrogen and oxygen atoms in total. The van der Waals surface area contributed by atoms with Gasteiger partial charge in [0.25, 0.3) is 0 Å². The molecule has 1 fully saturated rings. The number of thioether (sulfide) groups is 1. The van der Waals surface area contributed by atoms with Crippen LogP contribution in [0.5, 0.6) is 0 Å². The third-order valence-electron chi connectivity index (χ3n) is 3.50. The smallest absolute Gasteiger partial charge is 0.0408 e. The van der Waals surface area contributed by atoms with E-state index in [0.717, 1.165) is 17.5 Å². The van der Waals surface area contributed by atoms with Crippen LogP contribution in [0.25, 0.3) is 0 Å². The largest absolute Gasteiger partial charge is 0.310 e. The Morgan fingerprint density at radius 2 is 2.06 bits per heavy atom. The molecule has 0 amide bonds. The standard InChI is InChI=1S/C13H16ClNS/c14-11-2-1-9-6-13(7-10(9)5-11)15-12-3-4-16-8-12/h1-2,5,12-13,15H,3-4,6-8H2. The van der Waals surface area contributed by atoms with Crippen molar-refractivity contribution in [2.24, 2.45) is 0 Å².